The van der Waals surface area contributed by atoms with Crippen LogP contribution in [0.25, 0.3) is 0 Å². The fraction of sp³-hybridized carbons (Fsp3) is 0.600. The first-order chi connectivity index (χ1) is 8.63. The molecule has 0 spiro atoms. The van der Waals surface area contributed by atoms with Crippen molar-refractivity contribution in [3.63, 3.8) is 0 Å². The molecule has 1 aliphatic rings. The molecule has 2 nitrogen and oxygen atoms in total. The molecule has 18 heavy (non-hydrogen) atoms. The molecule has 2 rings (SSSR count). The maximum absolute atomic E-state index is 14.2. The maximum atomic E-state index is 14.2. The zero-order chi connectivity index (χ0) is 13.1. The molecular formula is C15H23FN2. The zero-order valence-corrected chi connectivity index (χ0v) is 11.5. The van der Waals surface area contributed by atoms with Gasteiger partial charge in [-0.25, -0.2) is 4.39 Å². The molecule has 2 unspecified atom stereocenters. The van der Waals surface area contributed by atoms with Gasteiger partial charge in [0.1, 0.15) is 5.82 Å². The minimum atomic E-state index is -0.0938. The molecule has 1 aliphatic heterocycles. The third-order valence-electron chi connectivity index (χ3n) is 3.89. The van der Waals surface area contributed by atoms with E-state index in [4.69, 9.17) is 0 Å². The van der Waals surface area contributed by atoms with Crippen LogP contribution < -0.4 is 10.2 Å². The first kappa shape index (κ1) is 13.3. The van der Waals surface area contributed by atoms with E-state index in [0.29, 0.717) is 5.92 Å². The number of nitrogens with one attached hydrogen (secondary N) is 1. The van der Waals surface area contributed by atoms with Crippen molar-refractivity contribution >= 4 is 5.69 Å². The van der Waals surface area contributed by atoms with E-state index in [-0.39, 0.29) is 11.9 Å². The molecule has 1 aromatic rings. The lowest BCUT2D eigenvalue weighted by Gasteiger charge is -2.35. The standard InChI is InChI=1S/C15H23FN2/c1-11-6-5-9-18(10-11)15-13(12(2)17-3)7-4-8-14(15)16/h4,7-8,11-12,17H,5-6,9-10H2,1-3H3. The summed E-state index contributed by atoms with van der Waals surface area (Å²) in [5, 5.41) is 3.21. The van der Waals surface area contributed by atoms with Crippen LogP contribution in [-0.2, 0) is 0 Å². The summed E-state index contributed by atoms with van der Waals surface area (Å²) < 4.78 is 14.2. The predicted octanol–water partition coefficient (Wildman–Crippen LogP) is 3.34. The fourth-order valence-corrected chi connectivity index (χ4v) is 2.76. The Balaban J connectivity index is 2.35. The summed E-state index contributed by atoms with van der Waals surface area (Å²) in [6.07, 6.45) is 2.41. The van der Waals surface area contributed by atoms with Gasteiger partial charge in [-0.3, -0.25) is 0 Å². The lowest BCUT2D eigenvalue weighted by Crippen LogP contribution is -2.36. The van der Waals surface area contributed by atoms with Crippen LogP contribution in [-0.4, -0.2) is 20.1 Å². The van der Waals surface area contributed by atoms with Crippen molar-refractivity contribution in [2.24, 2.45) is 5.92 Å². The Morgan fingerprint density at radius 3 is 2.89 bits per heavy atom. The lowest BCUT2D eigenvalue weighted by atomic mass is 9.97. The van der Waals surface area contributed by atoms with Gasteiger partial charge >= 0.3 is 0 Å². The summed E-state index contributed by atoms with van der Waals surface area (Å²) >= 11 is 0. The number of nitrogens with zero attached hydrogens (tertiary/aromatic N) is 1. The van der Waals surface area contributed by atoms with Crippen molar-refractivity contribution in [3.05, 3.63) is 29.6 Å². The summed E-state index contributed by atoms with van der Waals surface area (Å²) in [6, 6.07) is 5.57. The van der Waals surface area contributed by atoms with E-state index in [1.165, 1.54) is 6.42 Å². The summed E-state index contributed by atoms with van der Waals surface area (Å²) in [5.74, 6) is 0.555. The summed E-state index contributed by atoms with van der Waals surface area (Å²) in [7, 11) is 1.91. The van der Waals surface area contributed by atoms with Crippen molar-refractivity contribution < 1.29 is 4.39 Å². The molecule has 0 amide bonds. The number of hydrogen-bond donors (Lipinski definition) is 1. The molecule has 0 aliphatic carbocycles. The molecule has 1 heterocycles. The van der Waals surface area contributed by atoms with Gasteiger partial charge in [-0.05, 0) is 44.4 Å². The Morgan fingerprint density at radius 2 is 2.22 bits per heavy atom. The normalized spacial score (nSPS) is 22.0. The quantitative estimate of drug-likeness (QED) is 0.885. The van der Waals surface area contributed by atoms with Gasteiger partial charge in [0, 0.05) is 19.1 Å². The second-order valence-electron chi connectivity index (χ2n) is 5.38. The van der Waals surface area contributed by atoms with E-state index in [1.54, 1.807) is 12.1 Å². The molecule has 0 radical (unpaired) electrons. The Kier molecular flexibility index (Phi) is 4.23. The van der Waals surface area contributed by atoms with E-state index >= 15 is 0 Å². The maximum Gasteiger partial charge on any atom is 0.146 e. The predicted molar refractivity (Wildman–Crippen MR) is 74.5 cm³/mol. The molecule has 0 bridgehead atoms. The molecule has 0 aromatic heterocycles. The minimum absolute atomic E-state index is 0.0938. The first-order valence-corrected chi connectivity index (χ1v) is 6.84. The van der Waals surface area contributed by atoms with E-state index in [9.17, 15) is 4.39 Å². The number of halogens is 1. The highest BCUT2D eigenvalue weighted by atomic mass is 19.1. The van der Waals surface area contributed by atoms with Crippen molar-refractivity contribution in [2.45, 2.75) is 32.7 Å². The topological polar surface area (TPSA) is 15.3 Å². The molecule has 100 valence electrons. The van der Waals surface area contributed by atoms with Gasteiger partial charge in [0.2, 0.25) is 0 Å². The average molecular weight is 250 g/mol. The molecular weight excluding hydrogens is 227 g/mol. The highest BCUT2D eigenvalue weighted by Gasteiger charge is 2.23. The minimum Gasteiger partial charge on any atom is -0.369 e. The van der Waals surface area contributed by atoms with Crippen molar-refractivity contribution in [3.8, 4) is 0 Å². The Hall–Kier alpha value is -1.09. The molecule has 3 heteroatoms. The number of rotatable bonds is 3. The largest absolute Gasteiger partial charge is 0.369 e. The molecule has 1 saturated heterocycles. The van der Waals surface area contributed by atoms with Gasteiger partial charge in [-0.15, -0.1) is 0 Å². The van der Waals surface area contributed by atoms with Gasteiger partial charge in [-0.1, -0.05) is 19.1 Å². The second-order valence-corrected chi connectivity index (χ2v) is 5.38. The third kappa shape index (κ3) is 2.66. The van der Waals surface area contributed by atoms with Crippen LogP contribution in [0.2, 0.25) is 0 Å². The Bertz CT molecular complexity index is 405. The second kappa shape index (κ2) is 5.70. The lowest BCUT2D eigenvalue weighted by molar-refractivity contribution is 0.440. The van der Waals surface area contributed by atoms with Crippen molar-refractivity contribution in [1.82, 2.24) is 5.32 Å². The number of piperidine rings is 1. The van der Waals surface area contributed by atoms with Crippen LogP contribution in [0.3, 0.4) is 0 Å². The van der Waals surface area contributed by atoms with Gasteiger partial charge in [0.05, 0.1) is 5.69 Å². The van der Waals surface area contributed by atoms with Crippen LogP contribution in [0, 0.1) is 11.7 Å². The monoisotopic (exact) mass is 250 g/mol. The Morgan fingerprint density at radius 1 is 1.44 bits per heavy atom. The molecule has 0 saturated carbocycles. The number of anilines is 1. The van der Waals surface area contributed by atoms with E-state index in [2.05, 4.69) is 24.1 Å². The van der Waals surface area contributed by atoms with Crippen LogP contribution in [0.4, 0.5) is 10.1 Å². The van der Waals surface area contributed by atoms with Crippen LogP contribution in [0.5, 0.6) is 0 Å². The molecule has 2 atom stereocenters. The average Bonchev–Trinajstić information content (AvgIpc) is 2.37. The van der Waals surface area contributed by atoms with Crippen LogP contribution in [0.15, 0.2) is 18.2 Å². The van der Waals surface area contributed by atoms with Gasteiger partial charge in [-0.2, -0.15) is 0 Å². The van der Waals surface area contributed by atoms with Crippen LogP contribution in [0.1, 0.15) is 38.3 Å². The molecule has 1 fully saturated rings. The summed E-state index contributed by atoms with van der Waals surface area (Å²) in [5.41, 5.74) is 1.86. The summed E-state index contributed by atoms with van der Waals surface area (Å²) in [4.78, 5) is 2.21. The van der Waals surface area contributed by atoms with E-state index < -0.39 is 0 Å². The number of para-hydroxylation sites is 1. The van der Waals surface area contributed by atoms with E-state index in [1.807, 2.05) is 13.1 Å². The highest BCUT2D eigenvalue weighted by Crippen LogP contribution is 2.32. The first-order valence-electron chi connectivity index (χ1n) is 6.84. The number of benzene rings is 1. The van der Waals surface area contributed by atoms with Crippen molar-refractivity contribution in [1.29, 1.82) is 0 Å². The summed E-state index contributed by atoms with van der Waals surface area (Å²) in [6.45, 7) is 6.25. The number of hydrogen-bond acceptors (Lipinski definition) is 2. The smallest absolute Gasteiger partial charge is 0.146 e. The Labute approximate surface area is 109 Å². The third-order valence-corrected chi connectivity index (χ3v) is 3.89. The van der Waals surface area contributed by atoms with Gasteiger partial charge in [0.15, 0.2) is 0 Å². The van der Waals surface area contributed by atoms with Crippen molar-refractivity contribution in [2.75, 3.05) is 25.0 Å². The molecule has 1 N–H and O–H groups in total. The zero-order valence-electron chi connectivity index (χ0n) is 11.5. The van der Waals surface area contributed by atoms with Gasteiger partial charge < -0.3 is 10.2 Å². The highest BCUT2D eigenvalue weighted by molar-refractivity contribution is 5.56. The van der Waals surface area contributed by atoms with Crippen LogP contribution >= 0.6 is 0 Å². The fourth-order valence-electron chi connectivity index (χ4n) is 2.76. The molecule has 1 aromatic carbocycles. The van der Waals surface area contributed by atoms with E-state index in [0.717, 1.165) is 30.8 Å². The van der Waals surface area contributed by atoms with Gasteiger partial charge in [0.25, 0.3) is 0 Å². The SMILES string of the molecule is CNC(C)c1cccc(F)c1N1CCCC(C)C1.